The number of ether oxygens (including phenoxy) is 2. The summed E-state index contributed by atoms with van der Waals surface area (Å²) >= 11 is 0. The van der Waals surface area contributed by atoms with Crippen LogP contribution in [0.2, 0.25) is 0 Å². The number of hydrogen-bond acceptors (Lipinski definition) is 6. The third-order valence-electron chi connectivity index (χ3n) is 11.4. The summed E-state index contributed by atoms with van der Waals surface area (Å²) in [7, 11) is 1.65. The van der Waals surface area contributed by atoms with E-state index in [1.54, 1.807) is 0 Å². The first-order valence-electron chi connectivity index (χ1n) is 27.3. The zero-order chi connectivity index (χ0) is 49.0. The van der Waals surface area contributed by atoms with Crippen molar-refractivity contribution in [2.24, 2.45) is 0 Å². The molecule has 1 N–H and O–H groups in total. The van der Waals surface area contributed by atoms with Gasteiger partial charge in [-0.25, -0.2) is 4.57 Å². The number of carbonyl (C=O) groups excluding carboxylic acids is 1. The number of phosphoric ester groups is 1. The van der Waals surface area contributed by atoms with Gasteiger partial charge < -0.3 is 18.9 Å². The van der Waals surface area contributed by atoms with Crippen LogP contribution in [-0.2, 0) is 27.9 Å². The lowest BCUT2D eigenvalue weighted by molar-refractivity contribution is -0.870. The second-order valence-electron chi connectivity index (χ2n) is 19.2. The summed E-state index contributed by atoms with van der Waals surface area (Å²) in [5, 5.41) is 0. The molecule has 9 heteroatoms. The maximum atomic E-state index is 12.8. The Balaban J connectivity index is 4.13. The van der Waals surface area contributed by atoms with Crippen molar-refractivity contribution in [1.29, 1.82) is 0 Å². The Morgan fingerprint density at radius 1 is 0.478 bits per heavy atom. The van der Waals surface area contributed by atoms with Gasteiger partial charge in [-0.05, 0) is 89.9 Å². The predicted octanol–water partition coefficient (Wildman–Crippen LogP) is 17.2. The molecule has 0 radical (unpaired) electrons. The minimum Gasteiger partial charge on any atom is -0.457 e. The first kappa shape index (κ1) is 64.7. The number of allylic oxidation sites excluding steroid dienone is 14. The van der Waals surface area contributed by atoms with Gasteiger partial charge in [-0.3, -0.25) is 13.8 Å². The number of quaternary nitrogens is 1. The third-order valence-corrected chi connectivity index (χ3v) is 12.4. The highest BCUT2D eigenvalue weighted by Crippen LogP contribution is 2.43. The van der Waals surface area contributed by atoms with Gasteiger partial charge in [0.15, 0.2) is 0 Å². The highest BCUT2D eigenvalue weighted by Gasteiger charge is 2.26. The van der Waals surface area contributed by atoms with Crippen molar-refractivity contribution in [3.8, 4) is 0 Å². The summed E-state index contributed by atoms with van der Waals surface area (Å²) < 4.78 is 35.2. The number of rotatable bonds is 50. The highest BCUT2D eigenvalue weighted by atomic mass is 31.2. The zero-order valence-electron chi connectivity index (χ0n) is 44.1. The Hall–Kier alpha value is -2.32. The van der Waals surface area contributed by atoms with Crippen molar-refractivity contribution in [3.05, 3.63) is 85.1 Å². The summed E-state index contributed by atoms with van der Waals surface area (Å²) in [5.74, 6) is -0.321. The summed E-state index contributed by atoms with van der Waals surface area (Å²) in [6.07, 6.45) is 67.7. The van der Waals surface area contributed by atoms with Crippen molar-refractivity contribution in [3.63, 3.8) is 0 Å². The van der Waals surface area contributed by atoms with Gasteiger partial charge in [0.1, 0.15) is 19.3 Å². The molecule has 0 aliphatic heterocycles. The number of likely N-dealkylation sites (N-methyl/N-ethyl adjacent to an activating group) is 1. The maximum Gasteiger partial charge on any atom is 0.472 e. The minimum atomic E-state index is -4.29. The molecule has 0 bridgehead atoms. The van der Waals surface area contributed by atoms with Gasteiger partial charge in [-0.2, -0.15) is 0 Å². The number of hydrogen-bond donors (Lipinski definition) is 1. The molecule has 0 aliphatic carbocycles. The fourth-order valence-electron chi connectivity index (χ4n) is 7.26. The molecule has 388 valence electrons. The Labute approximate surface area is 414 Å². The second-order valence-corrected chi connectivity index (χ2v) is 20.7. The van der Waals surface area contributed by atoms with Crippen LogP contribution in [0.15, 0.2) is 85.1 Å². The van der Waals surface area contributed by atoms with E-state index in [0.29, 0.717) is 24.1 Å². The molecule has 0 saturated heterocycles. The van der Waals surface area contributed by atoms with Crippen LogP contribution in [-0.4, -0.2) is 75.6 Å². The smallest absolute Gasteiger partial charge is 0.457 e. The molecule has 0 aromatic heterocycles. The van der Waals surface area contributed by atoms with Gasteiger partial charge in [0.2, 0.25) is 0 Å². The van der Waals surface area contributed by atoms with Gasteiger partial charge in [0.25, 0.3) is 0 Å². The van der Waals surface area contributed by atoms with Crippen LogP contribution < -0.4 is 0 Å². The average Bonchev–Trinajstić information content (AvgIpc) is 3.29. The standard InChI is InChI=1S/C58H104NO7P/c1-6-8-10-12-14-16-18-20-22-24-26-28-29-30-31-32-33-35-37-39-41-43-45-47-49-51-58(60)66-57(56-65-67(61,62)64-54-52-59(3,4)5)55-63-53-50-48-46-44-42-40-38-36-34-27-25-23-21-19-17-15-13-11-9-7-2/h8,10,14-17,20-23,26-28,34,57H,6-7,9,11-13,18-19,24-25,29-33,35-56H2,1-5H3/p+1/b10-8-,16-14-,17-15-,22-20-,23-21-,28-26-,34-27-. The van der Waals surface area contributed by atoms with E-state index in [1.807, 2.05) is 21.1 Å². The molecule has 0 aliphatic rings. The zero-order valence-corrected chi connectivity index (χ0v) is 45.0. The number of phosphoric acid groups is 1. The SMILES string of the molecule is CC/C=C\C/C=C\C/C=C\C/C=C\CCCCCCCCCCCCCCC(=O)OC(COCCCCCCCCC/C=C\C/C=C\C/C=C\CCCCC)COP(=O)(O)OCC[N+](C)(C)C. The van der Waals surface area contributed by atoms with Crippen molar-refractivity contribution >= 4 is 13.8 Å². The maximum absolute atomic E-state index is 12.8. The number of nitrogens with zero attached hydrogens (tertiary/aromatic N) is 1. The topological polar surface area (TPSA) is 91.3 Å². The van der Waals surface area contributed by atoms with E-state index in [1.165, 1.54) is 122 Å². The number of unbranched alkanes of at least 4 members (excludes halogenated alkanes) is 22. The van der Waals surface area contributed by atoms with Crippen LogP contribution >= 0.6 is 7.82 Å². The molecular weight excluding hydrogens is 854 g/mol. The Bertz CT molecular complexity index is 1340. The van der Waals surface area contributed by atoms with Crippen molar-refractivity contribution in [1.82, 2.24) is 0 Å². The molecule has 67 heavy (non-hydrogen) atoms. The molecule has 2 atom stereocenters. The molecule has 0 rings (SSSR count). The molecular formula is C58H105NO7P+. The lowest BCUT2D eigenvalue weighted by Gasteiger charge is -2.24. The fourth-order valence-corrected chi connectivity index (χ4v) is 8.00. The summed E-state index contributed by atoms with van der Waals surface area (Å²) in [5.41, 5.74) is 0. The average molecular weight is 959 g/mol. The van der Waals surface area contributed by atoms with Crippen LogP contribution in [0.4, 0.5) is 0 Å². The van der Waals surface area contributed by atoms with Crippen LogP contribution in [0.25, 0.3) is 0 Å². The molecule has 0 fully saturated rings. The summed E-state index contributed by atoms with van der Waals surface area (Å²) in [6.45, 7) is 5.46. The first-order chi connectivity index (χ1) is 32.6. The highest BCUT2D eigenvalue weighted by molar-refractivity contribution is 7.47. The van der Waals surface area contributed by atoms with Gasteiger partial charge in [-0.15, -0.1) is 0 Å². The predicted molar refractivity (Wildman–Crippen MR) is 288 cm³/mol. The van der Waals surface area contributed by atoms with Crippen LogP contribution in [0.3, 0.4) is 0 Å². The van der Waals surface area contributed by atoms with Crippen LogP contribution in [0.1, 0.15) is 219 Å². The van der Waals surface area contributed by atoms with Crippen LogP contribution in [0, 0.1) is 0 Å². The van der Waals surface area contributed by atoms with Gasteiger partial charge >= 0.3 is 13.8 Å². The molecule has 0 amide bonds. The Morgan fingerprint density at radius 2 is 0.866 bits per heavy atom. The van der Waals surface area contributed by atoms with E-state index in [0.717, 1.165) is 77.0 Å². The van der Waals surface area contributed by atoms with Crippen molar-refractivity contribution < 1.29 is 37.3 Å². The fraction of sp³-hybridized carbons (Fsp3) is 0.741. The van der Waals surface area contributed by atoms with E-state index in [2.05, 4.69) is 98.9 Å². The quantitative estimate of drug-likeness (QED) is 0.0213. The second kappa shape index (κ2) is 50.1. The summed E-state index contributed by atoms with van der Waals surface area (Å²) in [6, 6.07) is 0. The van der Waals surface area contributed by atoms with E-state index >= 15 is 0 Å². The van der Waals surface area contributed by atoms with Gasteiger partial charge in [0, 0.05) is 13.0 Å². The monoisotopic (exact) mass is 959 g/mol. The van der Waals surface area contributed by atoms with E-state index in [-0.39, 0.29) is 25.8 Å². The number of carbonyl (C=O) groups is 1. The Morgan fingerprint density at radius 3 is 1.30 bits per heavy atom. The first-order valence-corrected chi connectivity index (χ1v) is 28.8. The number of esters is 1. The van der Waals surface area contributed by atoms with E-state index in [4.69, 9.17) is 18.5 Å². The van der Waals surface area contributed by atoms with Crippen molar-refractivity contribution in [2.45, 2.75) is 225 Å². The van der Waals surface area contributed by atoms with Crippen LogP contribution in [0.5, 0.6) is 0 Å². The summed E-state index contributed by atoms with van der Waals surface area (Å²) in [4.78, 5) is 23.1. The molecule has 8 nitrogen and oxygen atoms in total. The molecule has 0 heterocycles. The molecule has 0 spiro atoms. The van der Waals surface area contributed by atoms with E-state index < -0.39 is 13.9 Å². The normalized spacial score (nSPS) is 14.2. The van der Waals surface area contributed by atoms with Gasteiger partial charge in [-0.1, -0.05) is 208 Å². The largest absolute Gasteiger partial charge is 0.472 e. The van der Waals surface area contributed by atoms with Crippen molar-refractivity contribution in [2.75, 3.05) is 54.1 Å². The molecule has 0 aromatic carbocycles. The molecule has 2 unspecified atom stereocenters. The van der Waals surface area contributed by atoms with E-state index in [9.17, 15) is 14.3 Å². The van der Waals surface area contributed by atoms with Gasteiger partial charge in [0.05, 0.1) is 34.4 Å². The third kappa shape index (κ3) is 54.5. The minimum absolute atomic E-state index is 0.0824. The molecule has 0 saturated carbocycles. The Kier molecular flexibility index (Phi) is 48.3. The lowest BCUT2D eigenvalue weighted by Crippen LogP contribution is -2.37. The lowest BCUT2D eigenvalue weighted by atomic mass is 10.0. The molecule has 0 aromatic rings.